The summed E-state index contributed by atoms with van der Waals surface area (Å²) in [7, 11) is 0. The van der Waals surface area contributed by atoms with Gasteiger partial charge in [-0.25, -0.2) is 5.01 Å². The third-order valence-corrected chi connectivity index (χ3v) is 3.14. The first-order chi connectivity index (χ1) is 7.25. The Morgan fingerprint density at radius 3 is 2.60 bits per heavy atom. The third kappa shape index (κ3) is 2.86. The topological polar surface area (TPSA) is 41.3 Å². The van der Waals surface area contributed by atoms with Gasteiger partial charge in [0.25, 0.3) is 0 Å². The Balaban J connectivity index is 2.03. The predicted octanol–water partition coefficient (Wildman–Crippen LogP) is 2.84. The SMILES string of the molecule is Nc1cc(Br)ccc1NN1CCCCC1. The van der Waals surface area contributed by atoms with E-state index < -0.39 is 0 Å². The molecule has 1 fully saturated rings. The van der Waals surface area contributed by atoms with Crippen molar-refractivity contribution in [2.45, 2.75) is 19.3 Å². The number of nitrogens with two attached hydrogens (primary N) is 1. The van der Waals surface area contributed by atoms with Crippen LogP contribution in [0.15, 0.2) is 22.7 Å². The van der Waals surface area contributed by atoms with Crippen LogP contribution in [0.25, 0.3) is 0 Å². The minimum Gasteiger partial charge on any atom is -0.397 e. The van der Waals surface area contributed by atoms with Gasteiger partial charge < -0.3 is 11.2 Å². The Labute approximate surface area is 98.7 Å². The molecule has 0 unspecified atom stereocenters. The van der Waals surface area contributed by atoms with Crippen molar-refractivity contribution >= 4 is 27.3 Å². The number of anilines is 2. The fourth-order valence-corrected chi connectivity index (χ4v) is 2.19. The molecule has 0 radical (unpaired) electrons. The van der Waals surface area contributed by atoms with Gasteiger partial charge in [-0.2, -0.15) is 0 Å². The maximum Gasteiger partial charge on any atom is 0.0720 e. The van der Waals surface area contributed by atoms with Gasteiger partial charge in [0.05, 0.1) is 11.4 Å². The second-order valence-electron chi connectivity index (χ2n) is 3.89. The van der Waals surface area contributed by atoms with Crippen molar-refractivity contribution in [3.8, 4) is 0 Å². The Morgan fingerprint density at radius 1 is 1.20 bits per heavy atom. The van der Waals surface area contributed by atoms with Crippen molar-refractivity contribution in [2.24, 2.45) is 0 Å². The van der Waals surface area contributed by atoms with Crippen LogP contribution in [0.1, 0.15) is 19.3 Å². The molecule has 3 N–H and O–H groups in total. The quantitative estimate of drug-likeness (QED) is 0.812. The van der Waals surface area contributed by atoms with Crippen molar-refractivity contribution in [3.05, 3.63) is 22.7 Å². The van der Waals surface area contributed by atoms with E-state index >= 15 is 0 Å². The van der Waals surface area contributed by atoms with Gasteiger partial charge in [-0.15, -0.1) is 0 Å². The van der Waals surface area contributed by atoms with E-state index in [2.05, 4.69) is 26.4 Å². The minimum atomic E-state index is 0.787. The molecule has 0 aliphatic carbocycles. The van der Waals surface area contributed by atoms with Gasteiger partial charge in [0.15, 0.2) is 0 Å². The van der Waals surface area contributed by atoms with Gasteiger partial charge in [-0.05, 0) is 31.0 Å². The molecule has 1 aromatic carbocycles. The zero-order valence-corrected chi connectivity index (χ0v) is 10.3. The van der Waals surface area contributed by atoms with E-state index in [0.717, 1.165) is 28.9 Å². The van der Waals surface area contributed by atoms with E-state index in [9.17, 15) is 0 Å². The highest BCUT2D eigenvalue weighted by Gasteiger charge is 2.10. The van der Waals surface area contributed by atoms with Crippen molar-refractivity contribution in [2.75, 3.05) is 24.2 Å². The van der Waals surface area contributed by atoms with E-state index in [1.807, 2.05) is 18.2 Å². The maximum atomic E-state index is 5.92. The molecule has 15 heavy (non-hydrogen) atoms. The fraction of sp³-hybridized carbons (Fsp3) is 0.455. The molecule has 0 amide bonds. The Hall–Kier alpha value is -0.740. The molecule has 0 saturated carbocycles. The van der Waals surface area contributed by atoms with Crippen LogP contribution < -0.4 is 11.2 Å². The van der Waals surface area contributed by atoms with Gasteiger partial charge >= 0.3 is 0 Å². The summed E-state index contributed by atoms with van der Waals surface area (Å²) >= 11 is 3.40. The summed E-state index contributed by atoms with van der Waals surface area (Å²) in [5.74, 6) is 0. The molecule has 4 heteroatoms. The lowest BCUT2D eigenvalue weighted by Gasteiger charge is -2.28. The third-order valence-electron chi connectivity index (χ3n) is 2.65. The summed E-state index contributed by atoms with van der Waals surface area (Å²) in [5.41, 5.74) is 11.1. The van der Waals surface area contributed by atoms with E-state index in [0.29, 0.717) is 0 Å². The molecule has 0 spiro atoms. The smallest absolute Gasteiger partial charge is 0.0720 e. The van der Waals surface area contributed by atoms with Crippen molar-refractivity contribution in [3.63, 3.8) is 0 Å². The highest BCUT2D eigenvalue weighted by Crippen LogP contribution is 2.24. The Morgan fingerprint density at radius 2 is 1.93 bits per heavy atom. The second kappa shape index (κ2) is 4.86. The number of benzene rings is 1. The zero-order chi connectivity index (χ0) is 10.7. The van der Waals surface area contributed by atoms with Crippen LogP contribution in [0.5, 0.6) is 0 Å². The lowest BCUT2D eigenvalue weighted by atomic mass is 10.2. The molecule has 1 aromatic rings. The largest absolute Gasteiger partial charge is 0.397 e. The maximum absolute atomic E-state index is 5.92. The zero-order valence-electron chi connectivity index (χ0n) is 8.67. The van der Waals surface area contributed by atoms with Crippen LogP contribution >= 0.6 is 15.9 Å². The summed E-state index contributed by atoms with van der Waals surface area (Å²) in [6.45, 7) is 2.21. The first kappa shape index (κ1) is 10.8. The van der Waals surface area contributed by atoms with Crippen LogP contribution in [-0.4, -0.2) is 18.1 Å². The van der Waals surface area contributed by atoms with Gasteiger partial charge in [0.2, 0.25) is 0 Å². The Bertz CT molecular complexity index is 335. The van der Waals surface area contributed by atoms with Gasteiger partial charge in [0.1, 0.15) is 0 Å². The summed E-state index contributed by atoms with van der Waals surface area (Å²) in [4.78, 5) is 0. The first-order valence-corrected chi connectivity index (χ1v) is 6.11. The van der Waals surface area contributed by atoms with Crippen LogP contribution in [0.4, 0.5) is 11.4 Å². The van der Waals surface area contributed by atoms with Gasteiger partial charge in [0, 0.05) is 17.6 Å². The average molecular weight is 270 g/mol. The van der Waals surface area contributed by atoms with Crippen molar-refractivity contribution < 1.29 is 0 Å². The molecule has 3 nitrogen and oxygen atoms in total. The number of nitrogens with one attached hydrogen (secondary N) is 1. The molecule has 0 atom stereocenters. The summed E-state index contributed by atoms with van der Waals surface area (Å²) in [6, 6.07) is 5.93. The predicted molar refractivity (Wildman–Crippen MR) is 67.6 cm³/mol. The number of nitrogens with zero attached hydrogens (tertiary/aromatic N) is 1. The van der Waals surface area contributed by atoms with E-state index in [4.69, 9.17) is 5.73 Å². The number of hydrogen-bond donors (Lipinski definition) is 2. The summed E-state index contributed by atoms with van der Waals surface area (Å²) in [5, 5.41) is 2.24. The summed E-state index contributed by atoms with van der Waals surface area (Å²) in [6.07, 6.45) is 3.88. The number of hydrogen-bond acceptors (Lipinski definition) is 3. The van der Waals surface area contributed by atoms with E-state index in [1.165, 1.54) is 19.3 Å². The molecule has 1 heterocycles. The molecule has 1 saturated heterocycles. The minimum absolute atomic E-state index is 0.787. The molecule has 2 rings (SSSR count). The van der Waals surface area contributed by atoms with Crippen LogP contribution in [0.3, 0.4) is 0 Å². The molecule has 82 valence electrons. The van der Waals surface area contributed by atoms with Crippen molar-refractivity contribution in [1.82, 2.24) is 5.01 Å². The van der Waals surface area contributed by atoms with Crippen molar-refractivity contribution in [1.29, 1.82) is 0 Å². The molecule has 1 aliphatic rings. The van der Waals surface area contributed by atoms with Gasteiger partial charge in [-0.1, -0.05) is 22.4 Å². The van der Waals surface area contributed by atoms with E-state index in [1.54, 1.807) is 0 Å². The molecule has 0 bridgehead atoms. The van der Waals surface area contributed by atoms with Gasteiger partial charge in [-0.3, -0.25) is 0 Å². The highest BCUT2D eigenvalue weighted by atomic mass is 79.9. The molecular formula is C11H16BrN3. The number of rotatable bonds is 2. The highest BCUT2D eigenvalue weighted by molar-refractivity contribution is 9.10. The molecule has 0 aromatic heterocycles. The number of nitrogen functional groups attached to an aromatic ring is 1. The van der Waals surface area contributed by atoms with Crippen LogP contribution in [0.2, 0.25) is 0 Å². The Kier molecular flexibility index (Phi) is 3.49. The number of piperidine rings is 1. The monoisotopic (exact) mass is 269 g/mol. The number of halogens is 1. The van der Waals surface area contributed by atoms with E-state index in [-0.39, 0.29) is 0 Å². The standard InChI is InChI=1S/C11H16BrN3/c12-9-4-5-11(10(13)8-9)14-15-6-2-1-3-7-15/h4-5,8,14H,1-3,6-7,13H2. The molecular weight excluding hydrogens is 254 g/mol. The average Bonchev–Trinajstić information content (AvgIpc) is 2.24. The number of hydrazine groups is 1. The second-order valence-corrected chi connectivity index (χ2v) is 4.81. The first-order valence-electron chi connectivity index (χ1n) is 5.32. The summed E-state index contributed by atoms with van der Waals surface area (Å²) < 4.78 is 1.02. The molecule has 1 aliphatic heterocycles. The normalized spacial score (nSPS) is 17.7. The lowest BCUT2D eigenvalue weighted by molar-refractivity contribution is 0.273. The fourth-order valence-electron chi connectivity index (χ4n) is 1.81. The van der Waals surface area contributed by atoms with Crippen LogP contribution in [-0.2, 0) is 0 Å². The lowest BCUT2D eigenvalue weighted by Crippen LogP contribution is -2.35. The van der Waals surface area contributed by atoms with Crippen LogP contribution in [0, 0.1) is 0 Å².